The first-order valence-corrected chi connectivity index (χ1v) is 16.8. The van der Waals surface area contributed by atoms with Crippen LogP contribution in [0.2, 0.25) is 5.04 Å². The third-order valence-electron chi connectivity index (χ3n) is 7.70. The van der Waals surface area contributed by atoms with Gasteiger partial charge in [-0.3, -0.25) is 0 Å². The summed E-state index contributed by atoms with van der Waals surface area (Å²) in [5, 5.41) is 13.6. The van der Waals surface area contributed by atoms with E-state index in [-0.39, 0.29) is 11.0 Å². The molecule has 0 fully saturated rings. The minimum absolute atomic E-state index is 0.115. The summed E-state index contributed by atoms with van der Waals surface area (Å²) in [6, 6.07) is 22.9. The molecular formula is C37H46O5Si. The molecule has 0 aliphatic heterocycles. The first kappa shape index (κ1) is 33.9. The molecule has 0 radical (unpaired) electrons. The van der Waals surface area contributed by atoms with Gasteiger partial charge in [-0.05, 0) is 67.2 Å². The van der Waals surface area contributed by atoms with Crippen LogP contribution in [0.5, 0.6) is 0 Å². The Balaban J connectivity index is 1.74. The maximum Gasteiger partial charge on any atom is 0.333 e. The van der Waals surface area contributed by atoms with Gasteiger partial charge in [0.2, 0.25) is 0 Å². The highest BCUT2D eigenvalue weighted by Gasteiger charge is 2.50. The molecular weight excluding hydrogens is 552 g/mol. The smallest absolute Gasteiger partial charge is 0.333 e. The SMILES string of the molecule is C=C(C)[C@H](CCC#CCO[Si](c1ccccc1)(c1ccccc1)C(C)(C)C)[C@H](O)c1oc(/C=C(/C)C(=O)OCC)cc1C. The summed E-state index contributed by atoms with van der Waals surface area (Å²) in [6.45, 7) is 18.8. The van der Waals surface area contributed by atoms with E-state index in [1.807, 2.05) is 32.0 Å². The molecule has 0 amide bonds. The van der Waals surface area contributed by atoms with E-state index in [0.717, 1.165) is 11.1 Å². The molecule has 2 atom stereocenters. The zero-order valence-electron chi connectivity index (χ0n) is 26.7. The van der Waals surface area contributed by atoms with Gasteiger partial charge in [-0.25, -0.2) is 4.79 Å². The largest absolute Gasteiger partial charge is 0.463 e. The lowest BCUT2D eigenvalue weighted by Gasteiger charge is -2.42. The molecule has 0 aliphatic carbocycles. The number of furan rings is 1. The number of hydrogen-bond donors (Lipinski definition) is 1. The number of carbonyl (C=O) groups is 1. The quantitative estimate of drug-likeness (QED) is 0.0789. The van der Waals surface area contributed by atoms with Gasteiger partial charge in [-0.15, -0.1) is 5.92 Å². The van der Waals surface area contributed by atoms with Crippen LogP contribution in [0, 0.1) is 24.7 Å². The molecule has 0 saturated heterocycles. The molecule has 1 heterocycles. The Hall–Kier alpha value is -3.63. The van der Waals surface area contributed by atoms with E-state index in [2.05, 4.69) is 87.7 Å². The van der Waals surface area contributed by atoms with Crippen molar-refractivity contribution in [2.45, 2.75) is 72.5 Å². The number of benzene rings is 2. The molecule has 2 aromatic carbocycles. The summed E-state index contributed by atoms with van der Waals surface area (Å²) >= 11 is 0. The summed E-state index contributed by atoms with van der Waals surface area (Å²) in [5.41, 5.74) is 2.10. The molecule has 1 N–H and O–H groups in total. The van der Waals surface area contributed by atoms with Gasteiger partial charge in [0.25, 0.3) is 8.32 Å². The van der Waals surface area contributed by atoms with Gasteiger partial charge >= 0.3 is 5.97 Å². The highest BCUT2D eigenvalue weighted by Crippen LogP contribution is 2.37. The minimum Gasteiger partial charge on any atom is -0.463 e. The van der Waals surface area contributed by atoms with E-state index in [4.69, 9.17) is 13.6 Å². The van der Waals surface area contributed by atoms with Crippen LogP contribution in [-0.2, 0) is 14.0 Å². The Kier molecular flexibility index (Phi) is 12.0. The second kappa shape index (κ2) is 15.2. The van der Waals surface area contributed by atoms with Crippen molar-refractivity contribution in [3.63, 3.8) is 0 Å². The third kappa shape index (κ3) is 8.26. The van der Waals surface area contributed by atoms with Crippen molar-refractivity contribution >= 4 is 30.7 Å². The van der Waals surface area contributed by atoms with Crippen LogP contribution in [0.1, 0.15) is 77.6 Å². The van der Waals surface area contributed by atoms with Crippen molar-refractivity contribution in [1.29, 1.82) is 0 Å². The van der Waals surface area contributed by atoms with E-state index in [0.29, 0.717) is 43.1 Å². The van der Waals surface area contributed by atoms with Crippen LogP contribution in [0.25, 0.3) is 6.08 Å². The van der Waals surface area contributed by atoms with Crippen molar-refractivity contribution in [2.24, 2.45) is 5.92 Å². The number of hydrogen-bond acceptors (Lipinski definition) is 5. The van der Waals surface area contributed by atoms with Crippen LogP contribution in [0.4, 0.5) is 0 Å². The van der Waals surface area contributed by atoms with Crippen LogP contribution < -0.4 is 10.4 Å². The van der Waals surface area contributed by atoms with E-state index >= 15 is 0 Å². The summed E-state index contributed by atoms with van der Waals surface area (Å²) in [5.74, 6) is 6.88. The Labute approximate surface area is 258 Å². The maximum absolute atomic E-state index is 12.0. The van der Waals surface area contributed by atoms with Crippen LogP contribution in [-0.4, -0.2) is 32.6 Å². The molecule has 6 heteroatoms. The zero-order valence-corrected chi connectivity index (χ0v) is 27.7. The molecule has 43 heavy (non-hydrogen) atoms. The zero-order chi connectivity index (χ0) is 31.6. The number of ether oxygens (including phenoxy) is 1. The fourth-order valence-electron chi connectivity index (χ4n) is 5.53. The molecule has 3 rings (SSSR count). The van der Waals surface area contributed by atoms with E-state index in [1.54, 1.807) is 19.9 Å². The molecule has 0 bridgehead atoms. The predicted octanol–water partition coefficient (Wildman–Crippen LogP) is 7.14. The van der Waals surface area contributed by atoms with Gasteiger partial charge in [-0.2, -0.15) is 0 Å². The van der Waals surface area contributed by atoms with Crippen molar-refractivity contribution in [3.8, 4) is 11.8 Å². The molecule has 3 aromatic rings. The summed E-state index contributed by atoms with van der Waals surface area (Å²) in [6.07, 6.45) is 1.95. The maximum atomic E-state index is 12.0. The Morgan fingerprint density at radius 3 is 2.14 bits per heavy atom. The van der Waals surface area contributed by atoms with Gasteiger partial charge in [-0.1, -0.05) is 99.5 Å². The summed E-state index contributed by atoms with van der Waals surface area (Å²) in [7, 11) is -2.64. The predicted molar refractivity (Wildman–Crippen MR) is 178 cm³/mol. The Bertz CT molecular complexity index is 1410. The Morgan fingerprint density at radius 2 is 1.63 bits per heavy atom. The molecule has 0 unspecified atom stereocenters. The number of aliphatic hydroxyl groups excluding tert-OH is 1. The standard InChI is InChI=1S/C37H46O5Si/c1-9-40-36(39)29(5)26-30-25-28(4)35(42-30)34(38)33(27(2)3)23-17-12-18-24-41-43(37(6,7)8,31-19-13-10-14-20-31)32-21-15-11-16-22-32/h10-11,13-16,19-22,25-26,33-34,38H,2,9,17,23-24H2,1,3-8H3/b29-26-/t33-,34-/m0/s1. The van der Waals surface area contributed by atoms with Crippen LogP contribution in [0.15, 0.2) is 88.9 Å². The van der Waals surface area contributed by atoms with Gasteiger partial charge < -0.3 is 18.7 Å². The molecule has 0 aliphatic rings. The highest BCUT2D eigenvalue weighted by atomic mass is 28.4. The Morgan fingerprint density at radius 1 is 1.05 bits per heavy atom. The van der Waals surface area contributed by atoms with Crippen molar-refractivity contribution in [3.05, 3.63) is 102 Å². The topological polar surface area (TPSA) is 68.9 Å². The minimum atomic E-state index is -2.64. The van der Waals surface area contributed by atoms with Crippen molar-refractivity contribution in [2.75, 3.05) is 13.2 Å². The second-order valence-corrected chi connectivity index (χ2v) is 16.3. The fraction of sp³-hybridized carbons (Fsp3) is 0.378. The summed E-state index contributed by atoms with van der Waals surface area (Å²) in [4.78, 5) is 12.0. The van der Waals surface area contributed by atoms with Gasteiger partial charge in [0, 0.05) is 17.9 Å². The first-order valence-electron chi connectivity index (χ1n) is 14.9. The van der Waals surface area contributed by atoms with Gasteiger partial charge in [0.05, 0.1) is 13.2 Å². The van der Waals surface area contributed by atoms with E-state index < -0.39 is 20.4 Å². The second-order valence-electron chi connectivity index (χ2n) is 12.0. The molecule has 0 saturated carbocycles. The number of esters is 1. The summed E-state index contributed by atoms with van der Waals surface area (Å²) < 4.78 is 17.9. The first-order chi connectivity index (χ1) is 20.4. The van der Waals surface area contributed by atoms with E-state index in [1.165, 1.54) is 10.4 Å². The number of rotatable bonds is 12. The molecule has 228 valence electrons. The normalized spacial score (nSPS) is 13.5. The third-order valence-corrected chi connectivity index (χ3v) is 12.7. The highest BCUT2D eigenvalue weighted by molar-refractivity contribution is 6.99. The number of aliphatic hydroxyl groups is 1. The lowest BCUT2D eigenvalue weighted by atomic mass is 9.88. The molecule has 5 nitrogen and oxygen atoms in total. The van der Waals surface area contributed by atoms with E-state index in [9.17, 15) is 9.90 Å². The van der Waals surface area contributed by atoms with Crippen molar-refractivity contribution < 1.29 is 23.5 Å². The van der Waals surface area contributed by atoms with Gasteiger partial charge in [0.15, 0.2) is 0 Å². The molecule has 1 aromatic heterocycles. The van der Waals surface area contributed by atoms with Crippen molar-refractivity contribution in [1.82, 2.24) is 0 Å². The lowest BCUT2D eigenvalue weighted by molar-refractivity contribution is -0.138. The monoisotopic (exact) mass is 598 g/mol. The fourth-order valence-corrected chi connectivity index (χ4v) is 9.98. The number of carbonyl (C=O) groups excluding carboxylic acids is 1. The molecule has 0 spiro atoms. The van der Waals surface area contributed by atoms with Gasteiger partial charge in [0.1, 0.15) is 17.6 Å². The van der Waals surface area contributed by atoms with Crippen LogP contribution in [0.3, 0.4) is 0 Å². The lowest BCUT2D eigenvalue weighted by Crippen LogP contribution is -2.66. The number of aryl methyl sites for hydroxylation is 1. The average Bonchev–Trinajstić information content (AvgIpc) is 3.34. The average molecular weight is 599 g/mol. The van der Waals surface area contributed by atoms with Crippen LogP contribution >= 0.6 is 0 Å².